The number of fused-ring (bicyclic) bond motifs is 1. The Morgan fingerprint density at radius 3 is 3.07 bits per heavy atom. The Labute approximate surface area is 81.3 Å². The molecular weight excluding hydrogens is 181 g/mol. The van der Waals surface area contributed by atoms with Crippen LogP contribution in [0, 0.1) is 5.82 Å². The zero-order valence-electron chi connectivity index (χ0n) is 7.94. The number of halogens is 1. The van der Waals surface area contributed by atoms with Crippen molar-refractivity contribution in [3.05, 3.63) is 30.2 Å². The van der Waals surface area contributed by atoms with Gasteiger partial charge < -0.3 is 5.73 Å². The topological polar surface area (TPSA) is 43.8 Å². The molecule has 2 N–H and O–H groups in total. The summed E-state index contributed by atoms with van der Waals surface area (Å²) in [4.78, 5) is 0. The van der Waals surface area contributed by atoms with Crippen LogP contribution in [0.15, 0.2) is 24.4 Å². The molecule has 0 aliphatic rings. The van der Waals surface area contributed by atoms with Crippen LogP contribution in [0.2, 0.25) is 0 Å². The molecule has 0 bridgehead atoms. The van der Waals surface area contributed by atoms with Crippen molar-refractivity contribution >= 4 is 10.9 Å². The Balaban J connectivity index is 2.52. The molecule has 1 atom stereocenters. The van der Waals surface area contributed by atoms with Gasteiger partial charge in [-0.15, -0.1) is 0 Å². The van der Waals surface area contributed by atoms with Gasteiger partial charge in [-0.05, 0) is 19.1 Å². The van der Waals surface area contributed by atoms with Crippen LogP contribution in [0.4, 0.5) is 4.39 Å². The van der Waals surface area contributed by atoms with Crippen LogP contribution in [0.5, 0.6) is 0 Å². The Bertz CT molecular complexity index is 448. The highest BCUT2D eigenvalue weighted by molar-refractivity contribution is 5.79. The Kier molecular flexibility index (Phi) is 2.21. The standard InChI is InChI=1S/C10H12FN3/c1-7(12)6-14-10-4-2-3-9(11)8(10)5-13-14/h2-5,7H,6,12H2,1H3. The molecule has 4 heteroatoms. The van der Waals surface area contributed by atoms with Gasteiger partial charge in [-0.2, -0.15) is 5.10 Å². The number of nitrogens with zero attached hydrogens (tertiary/aromatic N) is 2. The average Bonchev–Trinajstić information content (AvgIpc) is 2.49. The van der Waals surface area contributed by atoms with Crippen LogP contribution in [0.1, 0.15) is 6.92 Å². The fourth-order valence-corrected chi connectivity index (χ4v) is 1.49. The molecule has 2 aromatic rings. The lowest BCUT2D eigenvalue weighted by Crippen LogP contribution is -2.22. The molecule has 14 heavy (non-hydrogen) atoms. The quantitative estimate of drug-likeness (QED) is 0.785. The molecule has 0 amide bonds. The van der Waals surface area contributed by atoms with Crippen LogP contribution in [-0.4, -0.2) is 15.8 Å². The minimum Gasteiger partial charge on any atom is -0.326 e. The summed E-state index contributed by atoms with van der Waals surface area (Å²) in [6.45, 7) is 2.50. The van der Waals surface area contributed by atoms with Gasteiger partial charge in [-0.25, -0.2) is 4.39 Å². The number of hydrogen-bond donors (Lipinski definition) is 1. The normalized spacial score (nSPS) is 13.4. The van der Waals surface area contributed by atoms with Gasteiger partial charge in [0.05, 0.1) is 23.6 Å². The van der Waals surface area contributed by atoms with Crippen LogP contribution < -0.4 is 5.73 Å². The number of aromatic nitrogens is 2. The molecule has 1 aromatic carbocycles. The van der Waals surface area contributed by atoms with Crippen molar-refractivity contribution < 1.29 is 4.39 Å². The van der Waals surface area contributed by atoms with Gasteiger partial charge in [-0.3, -0.25) is 4.68 Å². The third-order valence-corrected chi connectivity index (χ3v) is 2.10. The van der Waals surface area contributed by atoms with E-state index in [1.165, 1.54) is 12.3 Å². The Hall–Kier alpha value is -1.42. The Morgan fingerprint density at radius 2 is 2.36 bits per heavy atom. The maximum Gasteiger partial charge on any atom is 0.134 e. The predicted molar refractivity (Wildman–Crippen MR) is 53.3 cm³/mol. The van der Waals surface area contributed by atoms with Crippen molar-refractivity contribution in [2.24, 2.45) is 5.73 Å². The largest absolute Gasteiger partial charge is 0.326 e. The lowest BCUT2D eigenvalue weighted by Gasteiger charge is -2.06. The summed E-state index contributed by atoms with van der Waals surface area (Å²) in [5.74, 6) is -0.238. The molecule has 3 nitrogen and oxygen atoms in total. The first-order valence-corrected chi connectivity index (χ1v) is 4.54. The van der Waals surface area contributed by atoms with E-state index in [2.05, 4.69) is 5.10 Å². The number of benzene rings is 1. The second-order valence-electron chi connectivity index (χ2n) is 3.48. The fourth-order valence-electron chi connectivity index (χ4n) is 1.49. The van der Waals surface area contributed by atoms with Gasteiger partial charge >= 0.3 is 0 Å². The van der Waals surface area contributed by atoms with E-state index in [1.54, 1.807) is 10.7 Å². The highest BCUT2D eigenvalue weighted by Gasteiger charge is 2.07. The zero-order valence-corrected chi connectivity index (χ0v) is 7.94. The van der Waals surface area contributed by atoms with Crippen molar-refractivity contribution in [3.63, 3.8) is 0 Å². The van der Waals surface area contributed by atoms with Gasteiger partial charge in [0.25, 0.3) is 0 Å². The Morgan fingerprint density at radius 1 is 1.57 bits per heavy atom. The van der Waals surface area contributed by atoms with E-state index in [-0.39, 0.29) is 11.9 Å². The summed E-state index contributed by atoms with van der Waals surface area (Å²) in [6, 6.07) is 4.96. The summed E-state index contributed by atoms with van der Waals surface area (Å²) >= 11 is 0. The third kappa shape index (κ3) is 1.48. The highest BCUT2D eigenvalue weighted by Crippen LogP contribution is 2.16. The molecule has 0 aliphatic heterocycles. The number of nitrogens with two attached hydrogens (primary N) is 1. The average molecular weight is 193 g/mol. The minimum atomic E-state index is -0.238. The second-order valence-corrected chi connectivity index (χ2v) is 3.48. The predicted octanol–water partition coefficient (Wildman–Crippen LogP) is 1.52. The second kappa shape index (κ2) is 3.38. The summed E-state index contributed by atoms with van der Waals surface area (Å²) in [5.41, 5.74) is 6.45. The van der Waals surface area contributed by atoms with Gasteiger partial charge in [0.1, 0.15) is 5.82 Å². The number of rotatable bonds is 2. The van der Waals surface area contributed by atoms with E-state index < -0.39 is 0 Å². The lowest BCUT2D eigenvalue weighted by molar-refractivity contribution is 0.553. The van der Waals surface area contributed by atoms with Crippen molar-refractivity contribution in [2.75, 3.05) is 0 Å². The van der Waals surface area contributed by atoms with Crippen LogP contribution in [0.25, 0.3) is 10.9 Å². The SMILES string of the molecule is CC(N)Cn1ncc2c(F)cccc21. The lowest BCUT2D eigenvalue weighted by atomic mass is 10.2. The molecule has 0 aliphatic carbocycles. The first-order chi connectivity index (χ1) is 6.68. The van der Waals surface area contributed by atoms with Crippen LogP contribution in [-0.2, 0) is 6.54 Å². The summed E-state index contributed by atoms with van der Waals surface area (Å²) in [6.07, 6.45) is 1.53. The molecule has 0 radical (unpaired) electrons. The molecule has 1 heterocycles. The zero-order chi connectivity index (χ0) is 10.1. The van der Waals surface area contributed by atoms with E-state index in [0.29, 0.717) is 11.9 Å². The van der Waals surface area contributed by atoms with Crippen LogP contribution in [0.3, 0.4) is 0 Å². The third-order valence-electron chi connectivity index (χ3n) is 2.10. The van der Waals surface area contributed by atoms with Crippen molar-refractivity contribution in [1.82, 2.24) is 9.78 Å². The molecule has 1 unspecified atom stereocenters. The maximum absolute atomic E-state index is 13.3. The maximum atomic E-state index is 13.3. The van der Waals surface area contributed by atoms with Gasteiger partial charge in [0, 0.05) is 6.04 Å². The van der Waals surface area contributed by atoms with Crippen LogP contribution >= 0.6 is 0 Å². The van der Waals surface area contributed by atoms with E-state index in [1.807, 2.05) is 13.0 Å². The van der Waals surface area contributed by atoms with E-state index in [9.17, 15) is 4.39 Å². The minimum absolute atomic E-state index is 0.0152. The van der Waals surface area contributed by atoms with Gasteiger partial charge in [-0.1, -0.05) is 6.07 Å². The highest BCUT2D eigenvalue weighted by atomic mass is 19.1. The molecule has 0 spiro atoms. The van der Waals surface area contributed by atoms with Crippen molar-refractivity contribution in [1.29, 1.82) is 0 Å². The first-order valence-electron chi connectivity index (χ1n) is 4.54. The molecular formula is C10H12FN3. The molecule has 0 fully saturated rings. The van der Waals surface area contributed by atoms with Gasteiger partial charge in [0.2, 0.25) is 0 Å². The molecule has 0 saturated carbocycles. The van der Waals surface area contributed by atoms with Crippen molar-refractivity contribution in [2.45, 2.75) is 19.5 Å². The molecule has 1 aromatic heterocycles. The van der Waals surface area contributed by atoms with Crippen molar-refractivity contribution in [3.8, 4) is 0 Å². The summed E-state index contributed by atoms with van der Waals surface area (Å²) in [5, 5.41) is 4.64. The molecule has 2 rings (SSSR count). The smallest absolute Gasteiger partial charge is 0.134 e. The van der Waals surface area contributed by atoms with E-state index >= 15 is 0 Å². The molecule has 74 valence electrons. The first kappa shape index (κ1) is 9.15. The monoisotopic (exact) mass is 193 g/mol. The van der Waals surface area contributed by atoms with E-state index in [0.717, 1.165) is 5.52 Å². The fraction of sp³-hybridized carbons (Fsp3) is 0.300. The summed E-state index contributed by atoms with van der Waals surface area (Å²) in [7, 11) is 0. The van der Waals surface area contributed by atoms with Gasteiger partial charge in [0.15, 0.2) is 0 Å². The molecule has 0 saturated heterocycles. The number of hydrogen-bond acceptors (Lipinski definition) is 2. The summed E-state index contributed by atoms with van der Waals surface area (Å²) < 4.78 is 15.0. The van der Waals surface area contributed by atoms with E-state index in [4.69, 9.17) is 5.73 Å².